The maximum absolute atomic E-state index is 12.8. The minimum atomic E-state index is -0.251. The van der Waals surface area contributed by atoms with Crippen molar-refractivity contribution in [2.45, 2.75) is 13.3 Å². The molecule has 4 aromatic rings. The van der Waals surface area contributed by atoms with Gasteiger partial charge >= 0.3 is 0 Å². The van der Waals surface area contributed by atoms with Gasteiger partial charge in [0.15, 0.2) is 0 Å². The number of benzene rings is 3. The number of rotatable bonds is 5. The number of aryl methyl sites for hydroxylation is 1. The summed E-state index contributed by atoms with van der Waals surface area (Å²) in [7, 11) is 1.56. The van der Waals surface area contributed by atoms with E-state index in [-0.39, 0.29) is 18.2 Å². The van der Waals surface area contributed by atoms with E-state index in [1.807, 2.05) is 31.2 Å². The molecule has 0 radical (unpaired) electrons. The van der Waals surface area contributed by atoms with Gasteiger partial charge in [-0.05, 0) is 67.1 Å². The summed E-state index contributed by atoms with van der Waals surface area (Å²) in [4.78, 5) is 34.1. The van der Waals surface area contributed by atoms with Crippen molar-refractivity contribution in [2.24, 2.45) is 0 Å². The zero-order valence-electron chi connectivity index (χ0n) is 19.6. The lowest BCUT2D eigenvalue weighted by molar-refractivity contribution is -0.115. The molecule has 8 nitrogen and oxygen atoms in total. The summed E-state index contributed by atoms with van der Waals surface area (Å²) in [6.07, 6.45) is 1.81. The minimum Gasteiger partial charge on any atom is -0.495 e. The summed E-state index contributed by atoms with van der Waals surface area (Å²) >= 11 is 6.11. The Bertz CT molecular complexity index is 1490. The first kappa shape index (κ1) is 23.3. The zero-order chi connectivity index (χ0) is 25.2. The van der Waals surface area contributed by atoms with Gasteiger partial charge in [-0.1, -0.05) is 17.7 Å². The number of nitrogens with zero attached hydrogens (tertiary/aromatic N) is 2. The smallest absolute Gasteiger partial charge is 0.255 e. The molecule has 9 heteroatoms. The van der Waals surface area contributed by atoms with Gasteiger partial charge in [-0.2, -0.15) is 0 Å². The fourth-order valence-corrected chi connectivity index (χ4v) is 4.14. The van der Waals surface area contributed by atoms with E-state index >= 15 is 0 Å². The molecule has 36 heavy (non-hydrogen) atoms. The number of carbonyl (C=O) groups excluding carboxylic acids is 2. The first-order valence-electron chi connectivity index (χ1n) is 11.2. The van der Waals surface area contributed by atoms with Crippen LogP contribution in [-0.2, 0) is 11.2 Å². The largest absolute Gasteiger partial charge is 0.495 e. The molecule has 3 N–H and O–H groups in total. The minimum absolute atomic E-state index is 0.154. The van der Waals surface area contributed by atoms with Gasteiger partial charge in [0, 0.05) is 33.6 Å². The lowest BCUT2D eigenvalue weighted by Crippen LogP contribution is -2.13. The van der Waals surface area contributed by atoms with Crippen LogP contribution < -0.4 is 20.7 Å². The quantitative estimate of drug-likeness (QED) is 0.330. The van der Waals surface area contributed by atoms with Crippen LogP contribution in [0.15, 0.2) is 66.9 Å². The first-order valence-corrected chi connectivity index (χ1v) is 11.6. The fraction of sp³-hybridized carbons (Fsp3) is 0.111. The third kappa shape index (κ3) is 4.85. The van der Waals surface area contributed by atoms with Crippen LogP contribution in [-0.4, -0.2) is 28.9 Å². The number of halogens is 1. The van der Waals surface area contributed by atoms with Gasteiger partial charge in [-0.3, -0.25) is 9.59 Å². The van der Waals surface area contributed by atoms with E-state index in [0.717, 1.165) is 16.7 Å². The maximum Gasteiger partial charge on any atom is 0.255 e. The number of fused-ring (bicyclic) bond motifs is 3. The molecular weight excluding hydrogens is 478 g/mol. The summed E-state index contributed by atoms with van der Waals surface area (Å²) < 4.78 is 5.34. The van der Waals surface area contributed by atoms with E-state index in [1.165, 1.54) is 0 Å². The molecule has 0 bridgehead atoms. The fourth-order valence-electron chi connectivity index (χ4n) is 3.97. The molecule has 0 aliphatic carbocycles. The van der Waals surface area contributed by atoms with Crippen molar-refractivity contribution >= 4 is 46.4 Å². The molecular formula is C27H22ClN5O3. The lowest BCUT2D eigenvalue weighted by Gasteiger charge is -2.12. The molecule has 1 aliphatic rings. The number of ether oxygens (including phenoxy) is 1. The van der Waals surface area contributed by atoms with Gasteiger partial charge in [0.1, 0.15) is 5.75 Å². The van der Waals surface area contributed by atoms with Crippen molar-refractivity contribution in [2.75, 3.05) is 23.1 Å². The number of amides is 2. The molecule has 5 rings (SSSR count). The highest BCUT2D eigenvalue weighted by molar-refractivity contribution is 6.31. The van der Waals surface area contributed by atoms with E-state index in [0.29, 0.717) is 45.0 Å². The molecule has 180 valence electrons. The number of methoxy groups -OCH3 is 1. The van der Waals surface area contributed by atoms with Gasteiger partial charge in [0.05, 0.1) is 30.6 Å². The number of hydrogen-bond acceptors (Lipinski definition) is 6. The van der Waals surface area contributed by atoms with Crippen LogP contribution in [0, 0.1) is 6.92 Å². The molecule has 0 saturated heterocycles. The highest BCUT2D eigenvalue weighted by Crippen LogP contribution is 2.35. The highest BCUT2D eigenvalue weighted by Gasteiger charge is 2.21. The van der Waals surface area contributed by atoms with Crippen molar-refractivity contribution in [3.63, 3.8) is 0 Å². The average Bonchev–Trinajstić information content (AvgIpc) is 2.99. The van der Waals surface area contributed by atoms with Gasteiger partial charge in [0.2, 0.25) is 11.9 Å². The Kier molecular flexibility index (Phi) is 6.26. The molecule has 0 spiro atoms. The van der Waals surface area contributed by atoms with Crippen molar-refractivity contribution in [3.05, 3.63) is 88.6 Å². The second-order valence-corrected chi connectivity index (χ2v) is 8.78. The van der Waals surface area contributed by atoms with Crippen LogP contribution in [0.4, 0.5) is 23.0 Å². The number of hydrogen-bond donors (Lipinski definition) is 3. The maximum atomic E-state index is 12.8. The third-order valence-corrected chi connectivity index (χ3v) is 5.97. The van der Waals surface area contributed by atoms with Crippen LogP contribution in [0.3, 0.4) is 0 Å². The monoisotopic (exact) mass is 499 g/mol. The topological polar surface area (TPSA) is 105 Å². The summed E-state index contributed by atoms with van der Waals surface area (Å²) in [5.41, 5.74) is 5.56. The molecule has 3 aromatic carbocycles. The van der Waals surface area contributed by atoms with Crippen molar-refractivity contribution < 1.29 is 14.3 Å². The summed E-state index contributed by atoms with van der Waals surface area (Å²) in [6.45, 7) is 1.95. The second-order valence-electron chi connectivity index (χ2n) is 8.34. The molecule has 0 unspecified atom stereocenters. The number of carbonyl (C=O) groups is 2. The number of nitrogens with one attached hydrogen (secondary N) is 3. The Morgan fingerprint density at radius 2 is 1.89 bits per heavy atom. The number of aromatic nitrogens is 2. The Morgan fingerprint density at radius 1 is 1.08 bits per heavy atom. The van der Waals surface area contributed by atoms with Gasteiger partial charge < -0.3 is 20.7 Å². The molecule has 2 amide bonds. The first-order chi connectivity index (χ1) is 17.4. The predicted molar refractivity (Wildman–Crippen MR) is 140 cm³/mol. The molecule has 1 aliphatic heterocycles. The van der Waals surface area contributed by atoms with Crippen LogP contribution in [0.2, 0.25) is 5.02 Å². The van der Waals surface area contributed by atoms with E-state index in [4.69, 9.17) is 16.3 Å². The third-order valence-electron chi connectivity index (χ3n) is 5.73. The number of anilines is 4. The lowest BCUT2D eigenvalue weighted by atomic mass is 10.1. The Hall–Kier alpha value is -4.43. The van der Waals surface area contributed by atoms with Crippen LogP contribution >= 0.6 is 11.6 Å². The molecule has 0 fully saturated rings. The normalized spacial score (nSPS) is 12.0. The van der Waals surface area contributed by atoms with E-state index in [9.17, 15) is 9.59 Å². The predicted octanol–water partition coefficient (Wildman–Crippen LogP) is 5.60. The van der Waals surface area contributed by atoms with Crippen molar-refractivity contribution in [1.82, 2.24) is 9.97 Å². The van der Waals surface area contributed by atoms with E-state index < -0.39 is 0 Å². The van der Waals surface area contributed by atoms with Crippen LogP contribution in [0.5, 0.6) is 5.75 Å². The Morgan fingerprint density at radius 3 is 2.67 bits per heavy atom. The Labute approximate surface area is 212 Å². The molecule has 2 heterocycles. The standard InChI is InChI=1S/C27H22ClN5O3/c1-15-3-10-23(36-2)22(11-15)32-26(35)16-4-7-19(8-5-16)30-27-29-14-17-12-24(34)31-21-13-18(28)6-9-20(21)25(17)33-27/h3-11,13-14H,12H2,1-2H3,(H,31,34)(H,32,35)(H,29,30,33). The van der Waals surface area contributed by atoms with Gasteiger partial charge in [-0.25, -0.2) is 9.97 Å². The van der Waals surface area contributed by atoms with Gasteiger partial charge in [0.25, 0.3) is 5.91 Å². The molecule has 0 atom stereocenters. The highest BCUT2D eigenvalue weighted by atomic mass is 35.5. The molecule has 0 saturated carbocycles. The van der Waals surface area contributed by atoms with Crippen LogP contribution in [0.25, 0.3) is 11.3 Å². The van der Waals surface area contributed by atoms with E-state index in [2.05, 4.69) is 25.9 Å². The SMILES string of the molecule is COc1ccc(C)cc1NC(=O)c1ccc(Nc2ncc3c(n2)-c2ccc(Cl)cc2NC(=O)C3)cc1. The van der Waals surface area contributed by atoms with Crippen molar-refractivity contribution in [3.8, 4) is 17.0 Å². The average molecular weight is 500 g/mol. The summed E-state index contributed by atoms with van der Waals surface area (Å²) in [5, 5.41) is 9.45. The summed E-state index contributed by atoms with van der Waals surface area (Å²) in [6, 6.07) is 17.9. The van der Waals surface area contributed by atoms with Crippen molar-refractivity contribution in [1.29, 1.82) is 0 Å². The van der Waals surface area contributed by atoms with Crippen LogP contribution in [0.1, 0.15) is 21.5 Å². The molecule has 1 aromatic heterocycles. The summed E-state index contributed by atoms with van der Waals surface area (Å²) in [5.74, 6) is 0.553. The Balaban J connectivity index is 1.36. The second kappa shape index (κ2) is 9.67. The zero-order valence-corrected chi connectivity index (χ0v) is 20.3. The van der Waals surface area contributed by atoms with Gasteiger partial charge in [-0.15, -0.1) is 0 Å². The van der Waals surface area contributed by atoms with E-state index in [1.54, 1.807) is 49.7 Å².